The molecule has 0 radical (unpaired) electrons. The van der Waals surface area contributed by atoms with Crippen molar-refractivity contribution in [3.05, 3.63) is 66.2 Å². The molecule has 7 nitrogen and oxygen atoms in total. The van der Waals surface area contributed by atoms with E-state index in [-0.39, 0.29) is 23.2 Å². The summed E-state index contributed by atoms with van der Waals surface area (Å²) >= 11 is 0. The minimum Gasteiger partial charge on any atom is -0.497 e. The molecule has 3 aromatic carbocycles. The first-order valence-corrected chi connectivity index (χ1v) is 12.0. The van der Waals surface area contributed by atoms with E-state index in [9.17, 15) is 8.42 Å². The predicted octanol–water partition coefficient (Wildman–Crippen LogP) is 3.21. The van der Waals surface area contributed by atoms with Gasteiger partial charge < -0.3 is 14.2 Å². The molecule has 0 amide bonds. The van der Waals surface area contributed by atoms with Crippen LogP contribution in [0.15, 0.2) is 65.6 Å². The summed E-state index contributed by atoms with van der Waals surface area (Å²) < 4.78 is 45.4. The maximum Gasteiger partial charge on any atom is 0.244 e. The fourth-order valence-electron chi connectivity index (χ4n) is 4.13. The van der Waals surface area contributed by atoms with Crippen molar-refractivity contribution in [3.8, 4) is 11.5 Å². The summed E-state index contributed by atoms with van der Waals surface area (Å²) in [5.41, 5.74) is 1.09. The van der Waals surface area contributed by atoms with Gasteiger partial charge in [0.25, 0.3) is 0 Å². The number of hydrogen-bond acceptors (Lipinski definition) is 6. The lowest BCUT2D eigenvalue weighted by atomic mass is 9.97. The second-order valence-corrected chi connectivity index (χ2v) is 9.34. The summed E-state index contributed by atoms with van der Waals surface area (Å²) in [5.74, 6) is 0.719. The Bertz CT molecular complexity index is 1170. The molecule has 1 aliphatic rings. The SMILES string of the molecule is COc1ccc(OC)c(S(=O)(=O)NCC(c2cccc3ccccc23)N2CCOCC2)c1. The van der Waals surface area contributed by atoms with Gasteiger partial charge >= 0.3 is 0 Å². The van der Waals surface area contributed by atoms with Gasteiger partial charge in [-0.25, -0.2) is 13.1 Å². The topological polar surface area (TPSA) is 77.1 Å². The van der Waals surface area contributed by atoms with E-state index in [1.54, 1.807) is 12.1 Å². The highest BCUT2D eigenvalue weighted by molar-refractivity contribution is 7.89. The zero-order valence-corrected chi connectivity index (χ0v) is 19.1. The Kier molecular flexibility index (Phi) is 6.95. The van der Waals surface area contributed by atoms with Crippen molar-refractivity contribution < 1.29 is 22.6 Å². The van der Waals surface area contributed by atoms with Crippen molar-refractivity contribution in [3.63, 3.8) is 0 Å². The minimum atomic E-state index is -3.84. The van der Waals surface area contributed by atoms with Gasteiger partial charge in [0.15, 0.2) is 0 Å². The highest BCUT2D eigenvalue weighted by atomic mass is 32.2. The van der Waals surface area contributed by atoms with Gasteiger partial charge in [0.2, 0.25) is 10.0 Å². The number of rotatable bonds is 8. The summed E-state index contributed by atoms with van der Waals surface area (Å²) in [6.07, 6.45) is 0. The van der Waals surface area contributed by atoms with Gasteiger partial charge in [-0.05, 0) is 28.5 Å². The van der Waals surface area contributed by atoms with Gasteiger partial charge in [0.1, 0.15) is 16.4 Å². The molecular weight excluding hydrogens is 428 g/mol. The fourth-order valence-corrected chi connectivity index (χ4v) is 5.35. The average molecular weight is 457 g/mol. The lowest BCUT2D eigenvalue weighted by Gasteiger charge is -2.35. The zero-order valence-electron chi connectivity index (χ0n) is 18.3. The van der Waals surface area contributed by atoms with E-state index in [1.807, 2.05) is 18.2 Å². The Morgan fingerprint density at radius 2 is 1.75 bits per heavy atom. The number of hydrogen-bond donors (Lipinski definition) is 1. The molecule has 32 heavy (non-hydrogen) atoms. The quantitative estimate of drug-likeness (QED) is 0.561. The molecule has 8 heteroatoms. The van der Waals surface area contributed by atoms with Gasteiger partial charge in [-0.1, -0.05) is 42.5 Å². The van der Waals surface area contributed by atoms with E-state index in [4.69, 9.17) is 14.2 Å². The van der Waals surface area contributed by atoms with Crippen LogP contribution in [0.4, 0.5) is 0 Å². The summed E-state index contributed by atoms with van der Waals surface area (Å²) in [5, 5.41) is 2.24. The summed E-state index contributed by atoms with van der Waals surface area (Å²) in [4.78, 5) is 2.33. The van der Waals surface area contributed by atoms with Gasteiger partial charge in [0, 0.05) is 31.7 Å². The van der Waals surface area contributed by atoms with Crippen LogP contribution in [0.1, 0.15) is 11.6 Å². The van der Waals surface area contributed by atoms with E-state index in [2.05, 4.69) is 33.9 Å². The van der Waals surface area contributed by atoms with Crippen molar-refractivity contribution >= 4 is 20.8 Å². The van der Waals surface area contributed by atoms with Crippen LogP contribution in [0.2, 0.25) is 0 Å². The monoisotopic (exact) mass is 456 g/mol. The highest BCUT2D eigenvalue weighted by Gasteiger charge is 2.27. The lowest BCUT2D eigenvalue weighted by molar-refractivity contribution is 0.0175. The molecule has 4 rings (SSSR count). The highest BCUT2D eigenvalue weighted by Crippen LogP contribution is 2.31. The molecule has 1 atom stereocenters. The van der Waals surface area contributed by atoms with E-state index < -0.39 is 10.0 Å². The number of morpholine rings is 1. The molecule has 1 saturated heterocycles. The molecule has 0 bridgehead atoms. The number of nitrogens with one attached hydrogen (secondary N) is 1. The molecule has 0 aromatic heterocycles. The molecule has 0 spiro atoms. The molecule has 1 heterocycles. The molecule has 0 aliphatic carbocycles. The average Bonchev–Trinajstić information content (AvgIpc) is 2.84. The second kappa shape index (κ2) is 9.87. The van der Waals surface area contributed by atoms with Crippen molar-refractivity contribution in [2.24, 2.45) is 0 Å². The Balaban J connectivity index is 1.68. The number of sulfonamides is 1. The number of ether oxygens (including phenoxy) is 3. The third kappa shape index (κ3) is 4.73. The Morgan fingerprint density at radius 1 is 1.00 bits per heavy atom. The first kappa shape index (κ1) is 22.5. The van der Waals surface area contributed by atoms with Gasteiger partial charge in [-0.2, -0.15) is 0 Å². The van der Waals surface area contributed by atoms with Crippen molar-refractivity contribution in [2.75, 3.05) is 47.1 Å². The van der Waals surface area contributed by atoms with Crippen LogP contribution in [0, 0.1) is 0 Å². The number of benzene rings is 3. The molecule has 0 saturated carbocycles. The molecule has 170 valence electrons. The third-order valence-electron chi connectivity index (χ3n) is 5.80. The van der Waals surface area contributed by atoms with Gasteiger partial charge in [0.05, 0.1) is 27.4 Å². The first-order chi connectivity index (χ1) is 15.5. The van der Waals surface area contributed by atoms with Gasteiger partial charge in [-0.15, -0.1) is 0 Å². The van der Waals surface area contributed by atoms with Gasteiger partial charge in [-0.3, -0.25) is 4.90 Å². The summed E-state index contributed by atoms with van der Waals surface area (Å²) in [6, 6.07) is 18.9. The van der Waals surface area contributed by atoms with Crippen LogP contribution in [-0.4, -0.2) is 60.4 Å². The largest absolute Gasteiger partial charge is 0.497 e. The lowest BCUT2D eigenvalue weighted by Crippen LogP contribution is -2.43. The van der Waals surface area contributed by atoms with Crippen molar-refractivity contribution in [2.45, 2.75) is 10.9 Å². The maximum absolute atomic E-state index is 13.3. The molecule has 1 N–H and O–H groups in total. The maximum atomic E-state index is 13.3. The molecule has 1 fully saturated rings. The van der Waals surface area contributed by atoms with E-state index in [1.165, 1.54) is 20.3 Å². The predicted molar refractivity (Wildman–Crippen MR) is 124 cm³/mol. The van der Waals surface area contributed by atoms with Crippen LogP contribution in [0.5, 0.6) is 11.5 Å². The number of nitrogens with zero attached hydrogens (tertiary/aromatic N) is 1. The minimum absolute atomic E-state index is 0.0537. The fraction of sp³-hybridized carbons (Fsp3) is 0.333. The van der Waals surface area contributed by atoms with E-state index in [0.717, 1.165) is 29.4 Å². The van der Waals surface area contributed by atoms with Crippen molar-refractivity contribution in [1.29, 1.82) is 0 Å². The van der Waals surface area contributed by atoms with Crippen LogP contribution >= 0.6 is 0 Å². The van der Waals surface area contributed by atoms with E-state index >= 15 is 0 Å². The molecular formula is C24H28N2O5S. The van der Waals surface area contributed by atoms with E-state index in [0.29, 0.717) is 19.0 Å². The standard InChI is InChI=1S/C24H28N2O5S/c1-29-19-10-11-23(30-2)24(16-19)32(27,28)25-17-22(26-12-14-31-15-13-26)21-9-5-7-18-6-3-4-8-20(18)21/h3-11,16,22,25H,12-15,17H2,1-2H3. The second-order valence-electron chi connectivity index (χ2n) is 7.60. The van der Waals surface area contributed by atoms with Crippen LogP contribution in [0.25, 0.3) is 10.8 Å². The molecule has 3 aromatic rings. The smallest absolute Gasteiger partial charge is 0.244 e. The normalized spacial score (nSPS) is 16.1. The zero-order chi connectivity index (χ0) is 22.6. The Labute approximate surface area is 188 Å². The Hall–Kier alpha value is -2.65. The number of fused-ring (bicyclic) bond motifs is 1. The van der Waals surface area contributed by atoms with Crippen LogP contribution in [0.3, 0.4) is 0 Å². The van der Waals surface area contributed by atoms with Crippen molar-refractivity contribution in [1.82, 2.24) is 9.62 Å². The summed E-state index contributed by atoms with van der Waals surface area (Å²) in [7, 11) is -0.891. The summed E-state index contributed by atoms with van der Waals surface area (Å²) in [6.45, 7) is 2.93. The van der Waals surface area contributed by atoms with Crippen LogP contribution < -0.4 is 14.2 Å². The molecule has 1 unspecified atom stereocenters. The molecule has 1 aliphatic heterocycles. The Morgan fingerprint density at radius 3 is 2.50 bits per heavy atom. The first-order valence-electron chi connectivity index (χ1n) is 10.5. The number of methoxy groups -OCH3 is 2. The third-order valence-corrected chi connectivity index (χ3v) is 7.24. The van der Waals surface area contributed by atoms with Crippen LogP contribution in [-0.2, 0) is 14.8 Å².